The average Bonchev–Trinajstić information content (AvgIpc) is 3.09. The molecule has 8 nitrogen and oxygen atoms in total. The van der Waals surface area contributed by atoms with Crippen LogP contribution < -0.4 is 5.32 Å². The highest BCUT2D eigenvalue weighted by molar-refractivity contribution is 5.92. The SMILES string of the molecule is O=C(c1cn(CCN2CCNCC2)nn1)N1CCCCC1CO. The zero-order valence-corrected chi connectivity index (χ0v) is 13.5. The molecular weight excluding hydrogens is 296 g/mol. The highest BCUT2D eigenvalue weighted by Crippen LogP contribution is 2.18. The van der Waals surface area contributed by atoms with Gasteiger partial charge < -0.3 is 15.3 Å². The molecule has 0 bridgehead atoms. The highest BCUT2D eigenvalue weighted by Gasteiger charge is 2.28. The third-order valence-electron chi connectivity index (χ3n) is 4.71. The van der Waals surface area contributed by atoms with Crippen molar-refractivity contribution in [2.24, 2.45) is 0 Å². The number of piperazine rings is 1. The van der Waals surface area contributed by atoms with Crippen molar-refractivity contribution < 1.29 is 9.90 Å². The largest absolute Gasteiger partial charge is 0.394 e. The van der Waals surface area contributed by atoms with Gasteiger partial charge in [0.25, 0.3) is 5.91 Å². The summed E-state index contributed by atoms with van der Waals surface area (Å²) >= 11 is 0. The van der Waals surface area contributed by atoms with Crippen LogP contribution in [0.2, 0.25) is 0 Å². The molecule has 2 aliphatic heterocycles. The predicted molar refractivity (Wildman–Crippen MR) is 85.1 cm³/mol. The van der Waals surface area contributed by atoms with Crippen LogP contribution in [0.5, 0.6) is 0 Å². The molecule has 1 unspecified atom stereocenters. The summed E-state index contributed by atoms with van der Waals surface area (Å²) in [5, 5.41) is 20.9. The first kappa shape index (κ1) is 16.4. The number of aromatic nitrogens is 3. The van der Waals surface area contributed by atoms with E-state index in [0.29, 0.717) is 12.2 Å². The van der Waals surface area contributed by atoms with Gasteiger partial charge in [0.15, 0.2) is 5.69 Å². The molecule has 1 aromatic rings. The maximum absolute atomic E-state index is 12.6. The fraction of sp³-hybridized carbons (Fsp3) is 0.800. The van der Waals surface area contributed by atoms with E-state index >= 15 is 0 Å². The van der Waals surface area contributed by atoms with Gasteiger partial charge in [-0.1, -0.05) is 5.21 Å². The zero-order chi connectivity index (χ0) is 16.1. The van der Waals surface area contributed by atoms with Crippen molar-refractivity contribution in [2.45, 2.75) is 31.8 Å². The van der Waals surface area contributed by atoms with Gasteiger partial charge in [0.1, 0.15) is 0 Å². The van der Waals surface area contributed by atoms with Gasteiger partial charge in [0.05, 0.1) is 25.4 Å². The van der Waals surface area contributed by atoms with Crippen LogP contribution in [0.15, 0.2) is 6.20 Å². The molecule has 1 aromatic heterocycles. The number of rotatable bonds is 5. The van der Waals surface area contributed by atoms with E-state index in [1.165, 1.54) is 0 Å². The van der Waals surface area contributed by atoms with Crippen molar-refractivity contribution in [2.75, 3.05) is 45.9 Å². The summed E-state index contributed by atoms with van der Waals surface area (Å²) in [6.45, 7) is 6.52. The molecule has 2 N–H and O–H groups in total. The van der Waals surface area contributed by atoms with Crippen molar-refractivity contribution in [1.82, 2.24) is 30.1 Å². The number of amides is 1. The van der Waals surface area contributed by atoms with Gasteiger partial charge in [-0.25, -0.2) is 0 Å². The number of hydrogen-bond donors (Lipinski definition) is 2. The molecule has 0 saturated carbocycles. The molecule has 0 radical (unpaired) electrons. The van der Waals surface area contributed by atoms with Crippen molar-refractivity contribution in [1.29, 1.82) is 0 Å². The Morgan fingerprint density at radius 1 is 1.26 bits per heavy atom. The lowest BCUT2D eigenvalue weighted by molar-refractivity contribution is 0.0497. The van der Waals surface area contributed by atoms with Gasteiger partial charge in [0.2, 0.25) is 0 Å². The van der Waals surface area contributed by atoms with Crippen LogP contribution in [-0.2, 0) is 6.54 Å². The number of likely N-dealkylation sites (tertiary alicyclic amines) is 1. The molecule has 1 atom stereocenters. The predicted octanol–water partition coefficient (Wildman–Crippen LogP) is -0.830. The zero-order valence-electron chi connectivity index (χ0n) is 13.5. The van der Waals surface area contributed by atoms with E-state index in [-0.39, 0.29) is 18.6 Å². The van der Waals surface area contributed by atoms with Gasteiger partial charge in [-0.2, -0.15) is 0 Å². The van der Waals surface area contributed by atoms with Gasteiger partial charge >= 0.3 is 0 Å². The number of carbonyl (C=O) groups excluding carboxylic acids is 1. The number of aliphatic hydroxyl groups is 1. The maximum atomic E-state index is 12.6. The molecule has 128 valence electrons. The molecule has 23 heavy (non-hydrogen) atoms. The van der Waals surface area contributed by atoms with Gasteiger partial charge in [-0.15, -0.1) is 5.10 Å². The number of hydrogen-bond acceptors (Lipinski definition) is 6. The number of nitrogens with zero attached hydrogens (tertiary/aromatic N) is 5. The van der Waals surface area contributed by atoms with Crippen LogP contribution in [-0.4, -0.2) is 87.7 Å². The molecule has 0 spiro atoms. The number of aliphatic hydroxyl groups excluding tert-OH is 1. The lowest BCUT2D eigenvalue weighted by Crippen LogP contribution is -2.45. The summed E-state index contributed by atoms with van der Waals surface area (Å²) in [5.41, 5.74) is 0.380. The topological polar surface area (TPSA) is 86.5 Å². The molecule has 2 aliphatic rings. The first-order chi connectivity index (χ1) is 11.3. The molecule has 1 amide bonds. The van der Waals surface area contributed by atoms with Gasteiger partial charge in [-0.3, -0.25) is 14.4 Å². The first-order valence-corrected chi connectivity index (χ1v) is 8.53. The normalized spacial score (nSPS) is 23.2. The summed E-state index contributed by atoms with van der Waals surface area (Å²) in [6.07, 6.45) is 4.64. The van der Waals surface area contributed by atoms with Crippen molar-refractivity contribution in [3.63, 3.8) is 0 Å². The Kier molecular flexibility index (Phi) is 5.58. The molecule has 3 heterocycles. The summed E-state index contributed by atoms with van der Waals surface area (Å²) in [5.74, 6) is -0.114. The molecule has 3 rings (SSSR count). The Morgan fingerprint density at radius 3 is 2.87 bits per heavy atom. The molecule has 2 saturated heterocycles. The number of carbonyl (C=O) groups is 1. The molecular formula is C15H26N6O2. The van der Waals surface area contributed by atoms with Crippen LogP contribution in [0.3, 0.4) is 0 Å². The van der Waals surface area contributed by atoms with Crippen LogP contribution in [0.4, 0.5) is 0 Å². The van der Waals surface area contributed by atoms with E-state index in [0.717, 1.165) is 58.5 Å². The summed E-state index contributed by atoms with van der Waals surface area (Å²) < 4.78 is 1.74. The Hall–Kier alpha value is -1.51. The smallest absolute Gasteiger partial charge is 0.276 e. The summed E-state index contributed by atoms with van der Waals surface area (Å²) in [4.78, 5) is 16.7. The monoisotopic (exact) mass is 322 g/mol. The van der Waals surface area contributed by atoms with Crippen molar-refractivity contribution >= 4 is 5.91 Å². The number of piperidine rings is 1. The van der Waals surface area contributed by atoms with E-state index in [2.05, 4.69) is 20.5 Å². The van der Waals surface area contributed by atoms with E-state index < -0.39 is 0 Å². The fourth-order valence-corrected chi connectivity index (χ4v) is 3.29. The molecule has 8 heteroatoms. The third-order valence-corrected chi connectivity index (χ3v) is 4.71. The average molecular weight is 322 g/mol. The molecule has 2 fully saturated rings. The minimum atomic E-state index is -0.114. The second kappa shape index (κ2) is 7.85. The van der Waals surface area contributed by atoms with Crippen LogP contribution in [0, 0.1) is 0 Å². The van der Waals surface area contributed by atoms with E-state index in [9.17, 15) is 9.90 Å². The first-order valence-electron chi connectivity index (χ1n) is 8.53. The van der Waals surface area contributed by atoms with E-state index in [1.54, 1.807) is 15.8 Å². The van der Waals surface area contributed by atoms with Gasteiger partial charge in [-0.05, 0) is 19.3 Å². The van der Waals surface area contributed by atoms with Gasteiger partial charge in [0, 0.05) is 39.3 Å². The second-order valence-electron chi connectivity index (χ2n) is 6.29. The fourth-order valence-electron chi connectivity index (χ4n) is 3.29. The van der Waals surface area contributed by atoms with Crippen LogP contribution in [0.1, 0.15) is 29.8 Å². The number of nitrogens with one attached hydrogen (secondary N) is 1. The minimum Gasteiger partial charge on any atom is -0.394 e. The molecule has 0 aliphatic carbocycles. The summed E-state index contributed by atoms with van der Waals surface area (Å²) in [6, 6.07) is -0.0813. The minimum absolute atomic E-state index is 0.0167. The third kappa shape index (κ3) is 4.07. The molecule has 0 aromatic carbocycles. The Morgan fingerprint density at radius 2 is 2.09 bits per heavy atom. The van der Waals surface area contributed by atoms with E-state index in [4.69, 9.17) is 0 Å². The lowest BCUT2D eigenvalue weighted by Gasteiger charge is -2.33. The Labute approximate surface area is 136 Å². The second-order valence-corrected chi connectivity index (χ2v) is 6.29. The quantitative estimate of drug-likeness (QED) is 0.736. The Balaban J connectivity index is 1.56. The maximum Gasteiger partial charge on any atom is 0.276 e. The highest BCUT2D eigenvalue weighted by atomic mass is 16.3. The summed E-state index contributed by atoms with van der Waals surface area (Å²) in [7, 11) is 0. The van der Waals surface area contributed by atoms with Crippen LogP contribution in [0.25, 0.3) is 0 Å². The standard InChI is InChI=1S/C15H26N6O2/c22-12-13-3-1-2-6-21(13)15(23)14-11-20(18-17-14)10-9-19-7-4-16-5-8-19/h11,13,16,22H,1-10,12H2. The van der Waals surface area contributed by atoms with Crippen molar-refractivity contribution in [3.8, 4) is 0 Å². The lowest BCUT2D eigenvalue weighted by atomic mass is 10.0. The Bertz CT molecular complexity index is 514. The van der Waals surface area contributed by atoms with Crippen LogP contribution >= 0.6 is 0 Å². The van der Waals surface area contributed by atoms with E-state index in [1.807, 2.05) is 0 Å². The van der Waals surface area contributed by atoms with Crippen molar-refractivity contribution in [3.05, 3.63) is 11.9 Å².